The van der Waals surface area contributed by atoms with Crippen LogP contribution in [0.2, 0.25) is 0 Å². The van der Waals surface area contributed by atoms with Gasteiger partial charge in [-0.25, -0.2) is 22.2 Å². The van der Waals surface area contributed by atoms with Crippen LogP contribution >= 0.6 is 0 Å². The van der Waals surface area contributed by atoms with E-state index in [4.69, 9.17) is 4.74 Å². The minimum absolute atomic E-state index is 0.109. The second kappa shape index (κ2) is 9.19. The Kier molecular flexibility index (Phi) is 6.05. The maximum Gasteiger partial charge on any atom is 0.151 e. The normalized spacial score (nSPS) is 11.8. The van der Waals surface area contributed by atoms with E-state index in [1.807, 2.05) is 18.3 Å². The summed E-state index contributed by atoms with van der Waals surface area (Å²) in [5, 5.41) is 5.21. The van der Waals surface area contributed by atoms with Gasteiger partial charge < -0.3 is 9.72 Å². The molecule has 2 aromatic carbocycles. The second-order valence-corrected chi connectivity index (χ2v) is 10.8. The van der Waals surface area contributed by atoms with Crippen molar-refractivity contribution < 1.29 is 21.9 Å². The molecule has 0 aliphatic heterocycles. The molecular formula is C26H22F2N4O3S. The summed E-state index contributed by atoms with van der Waals surface area (Å²) in [6, 6.07) is 10.8. The van der Waals surface area contributed by atoms with E-state index in [1.54, 1.807) is 35.4 Å². The van der Waals surface area contributed by atoms with E-state index in [0.29, 0.717) is 22.5 Å². The number of methoxy groups -OCH3 is 1. The van der Waals surface area contributed by atoms with Crippen molar-refractivity contribution in [3.63, 3.8) is 0 Å². The van der Waals surface area contributed by atoms with Crippen LogP contribution in [-0.2, 0) is 22.1 Å². The Bertz CT molecular complexity index is 1670. The number of hydrogen-bond donors (Lipinski definition) is 1. The number of nitrogens with zero attached hydrogens (tertiary/aromatic N) is 3. The number of nitrogens with one attached hydrogen (secondary N) is 1. The molecule has 0 unspecified atom stereocenters. The van der Waals surface area contributed by atoms with Gasteiger partial charge >= 0.3 is 0 Å². The highest BCUT2D eigenvalue weighted by Crippen LogP contribution is 2.33. The molecule has 0 saturated carbocycles. The lowest BCUT2D eigenvalue weighted by molar-refractivity contribution is 0.411. The first-order chi connectivity index (χ1) is 17.2. The van der Waals surface area contributed by atoms with Gasteiger partial charge in [0.15, 0.2) is 9.84 Å². The molecule has 0 saturated heterocycles. The molecule has 10 heteroatoms. The highest BCUT2D eigenvalue weighted by molar-refractivity contribution is 7.89. The van der Waals surface area contributed by atoms with Crippen molar-refractivity contribution in [1.29, 1.82) is 0 Å². The monoisotopic (exact) mass is 508 g/mol. The van der Waals surface area contributed by atoms with E-state index in [1.165, 1.54) is 25.5 Å². The molecule has 0 amide bonds. The third-order valence-electron chi connectivity index (χ3n) is 5.78. The van der Waals surface area contributed by atoms with Crippen LogP contribution in [0.4, 0.5) is 8.78 Å². The van der Waals surface area contributed by atoms with Gasteiger partial charge in [0.2, 0.25) is 0 Å². The van der Waals surface area contributed by atoms with Gasteiger partial charge in [0.1, 0.15) is 23.0 Å². The van der Waals surface area contributed by atoms with Crippen LogP contribution < -0.4 is 4.74 Å². The van der Waals surface area contributed by atoms with Crippen molar-refractivity contribution in [3.05, 3.63) is 90.0 Å². The van der Waals surface area contributed by atoms with Crippen LogP contribution in [0.15, 0.2) is 67.3 Å². The number of pyridine rings is 1. The topological polar surface area (TPSA) is 89.9 Å². The average Bonchev–Trinajstić information content (AvgIpc) is 3.44. The third kappa shape index (κ3) is 4.99. The summed E-state index contributed by atoms with van der Waals surface area (Å²) in [6.07, 6.45) is 8.25. The van der Waals surface area contributed by atoms with Crippen LogP contribution in [0.3, 0.4) is 0 Å². The Labute approximate surface area is 206 Å². The SMILES string of the molecule is COc1cc(-c2cnc3[nH]cc(-c4cnn(Cc5cc(F)cc(F)c5)c4)c3c2)ccc1CS(C)(=O)=O. The molecule has 0 aliphatic carbocycles. The smallest absolute Gasteiger partial charge is 0.151 e. The predicted molar refractivity (Wildman–Crippen MR) is 133 cm³/mol. The minimum atomic E-state index is -3.21. The molecule has 0 radical (unpaired) electrons. The molecule has 0 atom stereocenters. The predicted octanol–water partition coefficient (Wildman–Crippen LogP) is 4.97. The Morgan fingerprint density at radius 1 is 1.00 bits per heavy atom. The number of benzene rings is 2. The summed E-state index contributed by atoms with van der Waals surface area (Å²) < 4.78 is 57.6. The maximum atomic E-state index is 13.5. The summed E-state index contributed by atoms with van der Waals surface area (Å²) >= 11 is 0. The molecule has 3 aromatic heterocycles. The minimum Gasteiger partial charge on any atom is -0.496 e. The van der Waals surface area contributed by atoms with Crippen molar-refractivity contribution in [2.45, 2.75) is 12.3 Å². The third-order valence-corrected chi connectivity index (χ3v) is 6.62. The number of rotatable bonds is 7. The molecule has 3 heterocycles. The maximum absolute atomic E-state index is 13.5. The first kappa shape index (κ1) is 23.7. The fourth-order valence-electron chi connectivity index (χ4n) is 4.20. The highest BCUT2D eigenvalue weighted by Gasteiger charge is 2.14. The Hall–Kier alpha value is -4.05. The molecule has 184 valence electrons. The lowest BCUT2D eigenvalue weighted by Crippen LogP contribution is -2.02. The molecule has 5 rings (SSSR count). The zero-order valence-corrected chi connectivity index (χ0v) is 20.3. The summed E-state index contributed by atoms with van der Waals surface area (Å²) in [4.78, 5) is 7.69. The summed E-state index contributed by atoms with van der Waals surface area (Å²) in [5.41, 5.74) is 5.10. The number of hydrogen-bond acceptors (Lipinski definition) is 5. The van der Waals surface area contributed by atoms with E-state index in [-0.39, 0.29) is 12.3 Å². The number of ether oxygens (including phenoxy) is 1. The molecule has 0 spiro atoms. The average molecular weight is 509 g/mol. The lowest BCUT2D eigenvalue weighted by atomic mass is 10.0. The zero-order chi connectivity index (χ0) is 25.4. The number of fused-ring (bicyclic) bond motifs is 1. The number of aromatic nitrogens is 4. The van der Waals surface area contributed by atoms with Crippen LogP contribution in [0.1, 0.15) is 11.1 Å². The van der Waals surface area contributed by atoms with E-state index < -0.39 is 21.5 Å². The standard InChI is InChI=1S/C26H22F2N4O3S/c1-35-25-8-17(3-4-18(25)15-36(2,33)34)19-7-23-24(12-30-26(23)29-10-19)20-11-31-32(14-20)13-16-5-21(27)9-22(28)6-16/h3-12,14H,13,15H2,1-2H3,(H,29,30). The van der Waals surface area contributed by atoms with Crippen LogP contribution in [0.25, 0.3) is 33.3 Å². The van der Waals surface area contributed by atoms with Gasteiger partial charge in [-0.15, -0.1) is 0 Å². The molecular weight excluding hydrogens is 486 g/mol. The largest absolute Gasteiger partial charge is 0.496 e. The van der Waals surface area contributed by atoms with Gasteiger partial charge in [0.25, 0.3) is 0 Å². The Balaban J connectivity index is 1.47. The van der Waals surface area contributed by atoms with E-state index in [0.717, 1.165) is 33.7 Å². The van der Waals surface area contributed by atoms with Crippen molar-refractivity contribution in [1.82, 2.24) is 19.7 Å². The van der Waals surface area contributed by atoms with Gasteiger partial charge in [0.05, 0.1) is 25.6 Å². The van der Waals surface area contributed by atoms with Crippen LogP contribution in [0.5, 0.6) is 5.75 Å². The highest BCUT2D eigenvalue weighted by atomic mass is 32.2. The summed E-state index contributed by atoms with van der Waals surface area (Å²) in [5.74, 6) is -0.883. The van der Waals surface area contributed by atoms with Gasteiger partial charge in [-0.1, -0.05) is 12.1 Å². The molecule has 0 aliphatic rings. The van der Waals surface area contributed by atoms with E-state index in [9.17, 15) is 17.2 Å². The Morgan fingerprint density at radius 2 is 1.78 bits per heavy atom. The van der Waals surface area contributed by atoms with Gasteiger partial charge in [0, 0.05) is 58.6 Å². The lowest BCUT2D eigenvalue weighted by Gasteiger charge is -2.10. The molecule has 5 aromatic rings. The van der Waals surface area contributed by atoms with E-state index >= 15 is 0 Å². The van der Waals surface area contributed by atoms with Gasteiger partial charge in [-0.2, -0.15) is 5.10 Å². The molecule has 1 N–H and O–H groups in total. The number of halogens is 2. The Morgan fingerprint density at radius 3 is 2.50 bits per heavy atom. The second-order valence-electron chi connectivity index (χ2n) is 8.62. The quantitative estimate of drug-likeness (QED) is 0.335. The van der Waals surface area contributed by atoms with Crippen molar-refractivity contribution in [2.24, 2.45) is 0 Å². The molecule has 0 fully saturated rings. The van der Waals surface area contributed by atoms with Gasteiger partial charge in [-0.3, -0.25) is 4.68 Å². The first-order valence-corrected chi connectivity index (χ1v) is 13.0. The van der Waals surface area contributed by atoms with Gasteiger partial charge in [-0.05, 0) is 35.4 Å². The summed E-state index contributed by atoms with van der Waals surface area (Å²) in [6.45, 7) is 0.222. The fraction of sp³-hybridized carbons (Fsp3) is 0.154. The molecule has 0 bridgehead atoms. The van der Waals surface area contributed by atoms with Crippen molar-refractivity contribution >= 4 is 20.9 Å². The van der Waals surface area contributed by atoms with Crippen molar-refractivity contribution in [2.75, 3.05) is 13.4 Å². The van der Waals surface area contributed by atoms with Crippen molar-refractivity contribution in [3.8, 4) is 28.0 Å². The molecule has 36 heavy (non-hydrogen) atoms. The number of H-pyrrole nitrogens is 1. The van der Waals surface area contributed by atoms with Crippen LogP contribution in [-0.4, -0.2) is 41.5 Å². The first-order valence-electron chi connectivity index (χ1n) is 11.0. The zero-order valence-electron chi connectivity index (χ0n) is 19.5. The van der Waals surface area contributed by atoms with Crippen LogP contribution in [0, 0.1) is 11.6 Å². The summed E-state index contributed by atoms with van der Waals surface area (Å²) in [7, 11) is -1.70. The molecule has 7 nitrogen and oxygen atoms in total. The number of sulfone groups is 1. The fourth-order valence-corrected chi connectivity index (χ4v) is 5.01. The van der Waals surface area contributed by atoms with E-state index in [2.05, 4.69) is 15.1 Å². The number of aromatic amines is 1.